The molecule has 2 rings (SSSR count). The minimum Gasteiger partial charge on any atom is -0.504 e. The Morgan fingerprint density at radius 1 is 1.23 bits per heavy atom. The molecule has 7 nitrogen and oxygen atoms in total. The lowest BCUT2D eigenvalue weighted by atomic mass is 10.2. The maximum Gasteiger partial charge on any atom is 0.249 e. The Hall–Kier alpha value is -2.39. The predicted octanol–water partition coefficient (Wildman–Crippen LogP) is 3.40. The zero-order valence-corrected chi connectivity index (χ0v) is 16.8. The smallest absolute Gasteiger partial charge is 0.249 e. The summed E-state index contributed by atoms with van der Waals surface area (Å²) in [5, 5.41) is 16.4. The maximum absolute atomic E-state index is 11.9. The first-order chi connectivity index (χ1) is 12.4. The van der Waals surface area contributed by atoms with Gasteiger partial charge in [-0.05, 0) is 40.2 Å². The van der Waals surface area contributed by atoms with Gasteiger partial charge in [-0.3, -0.25) is 9.59 Å². The summed E-state index contributed by atoms with van der Waals surface area (Å²) < 4.78 is 6.41. The molecule has 0 heterocycles. The first-order valence-electron chi connectivity index (χ1n) is 7.33. The fourth-order valence-corrected chi connectivity index (χ4v) is 2.80. The minimum atomic E-state index is -0.591. The molecule has 2 aromatic carbocycles. The molecule has 0 aliphatic heterocycles. The van der Waals surface area contributed by atoms with Gasteiger partial charge < -0.3 is 15.2 Å². The molecule has 0 unspecified atom stereocenters. The number of rotatable bonds is 6. The maximum atomic E-state index is 11.9. The Morgan fingerprint density at radius 2 is 1.96 bits per heavy atom. The summed E-state index contributed by atoms with van der Waals surface area (Å²) in [7, 11) is 1.42. The third-order valence-corrected chi connectivity index (χ3v) is 4.30. The average Bonchev–Trinajstić information content (AvgIpc) is 2.59. The summed E-state index contributed by atoms with van der Waals surface area (Å²) in [6.45, 7) is 0. The summed E-state index contributed by atoms with van der Waals surface area (Å²) in [6.07, 6.45) is 0.860. The van der Waals surface area contributed by atoms with E-state index in [1.807, 2.05) is 6.07 Å². The van der Waals surface area contributed by atoms with Crippen LogP contribution in [0.4, 0.5) is 5.69 Å². The third kappa shape index (κ3) is 5.57. The van der Waals surface area contributed by atoms with E-state index in [1.165, 1.54) is 13.3 Å². The Bertz CT molecular complexity index is 856. The number of phenols is 1. The van der Waals surface area contributed by atoms with Crippen molar-refractivity contribution in [1.82, 2.24) is 5.43 Å². The Morgan fingerprint density at radius 3 is 2.65 bits per heavy atom. The predicted molar refractivity (Wildman–Crippen MR) is 105 cm³/mol. The van der Waals surface area contributed by atoms with Gasteiger partial charge in [0.15, 0.2) is 11.5 Å². The van der Waals surface area contributed by atoms with Crippen LogP contribution < -0.4 is 15.5 Å². The number of methoxy groups -OCH3 is 1. The van der Waals surface area contributed by atoms with Gasteiger partial charge in [0.05, 0.1) is 19.0 Å². The molecule has 2 aromatic rings. The van der Waals surface area contributed by atoms with Gasteiger partial charge in [0.25, 0.3) is 0 Å². The molecular weight excluding hydrogens is 470 g/mol. The molecule has 0 saturated heterocycles. The monoisotopic (exact) mass is 483 g/mol. The van der Waals surface area contributed by atoms with Crippen LogP contribution >= 0.6 is 31.9 Å². The van der Waals surface area contributed by atoms with Crippen LogP contribution in [-0.4, -0.2) is 30.2 Å². The van der Waals surface area contributed by atoms with Crippen molar-refractivity contribution < 1.29 is 19.4 Å². The van der Waals surface area contributed by atoms with E-state index in [4.69, 9.17) is 4.74 Å². The lowest BCUT2D eigenvalue weighted by molar-refractivity contribution is -0.126. The first-order valence-corrected chi connectivity index (χ1v) is 8.92. The molecule has 26 heavy (non-hydrogen) atoms. The lowest BCUT2D eigenvalue weighted by Crippen LogP contribution is -2.24. The molecule has 0 radical (unpaired) electrons. The van der Waals surface area contributed by atoms with Crippen LogP contribution in [0.1, 0.15) is 12.0 Å². The molecule has 0 spiro atoms. The quantitative estimate of drug-likeness (QED) is 0.332. The number of benzene rings is 2. The standard InChI is InChI=1S/C17H15Br2N3O4/c1-26-14-7-11(18)6-10(17(14)25)9-20-22-16(24)8-15(23)21-13-5-3-2-4-12(13)19/h2-7,9,25H,8H2,1H3,(H,21,23)(H,22,24)/b20-9+. The van der Waals surface area contributed by atoms with E-state index in [-0.39, 0.29) is 11.5 Å². The number of hydrogen-bond acceptors (Lipinski definition) is 5. The molecule has 0 atom stereocenters. The second-order valence-corrected chi connectivity index (χ2v) is 6.81. The van der Waals surface area contributed by atoms with Crippen LogP contribution in [0.25, 0.3) is 0 Å². The van der Waals surface area contributed by atoms with Gasteiger partial charge in [0.1, 0.15) is 6.42 Å². The van der Waals surface area contributed by atoms with Crippen molar-refractivity contribution in [3.63, 3.8) is 0 Å². The molecule has 0 aromatic heterocycles. The van der Waals surface area contributed by atoms with Gasteiger partial charge in [-0.25, -0.2) is 5.43 Å². The summed E-state index contributed by atoms with van der Waals surface area (Å²) in [6, 6.07) is 10.3. The summed E-state index contributed by atoms with van der Waals surface area (Å²) in [4.78, 5) is 23.7. The molecule has 2 amide bonds. The molecule has 136 valence electrons. The van der Waals surface area contributed by atoms with Gasteiger partial charge in [0.2, 0.25) is 11.8 Å². The van der Waals surface area contributed by atoms with E-state index in [1.54, 1.807) is 30.3 Å². The average molecular weight is 485 g/mol. The number of ether oxygens (including phenoxy) is 1. The van der Waals surface area contributed by atoms with Crippen molar-refractivity contribution in [1.29, 1.82) is 0 Å². The van der Waals surface area contributed by atoms with Crippen molar-refractivity contribution in [3.05, 3.63) is 50.9 Å². The topological polar surface area (TPSA) is 100 Å². The SMILES string of the molecule is COc1cc(Br)cc(/C=N/NC(=O)CC(=O)Nc2ccccc2Br)c1O. The second kappa shape index (κ2) is 9.35. The summed E-state index contributed by atoms with van der Waals surface area (Å²) >= 11 is 6.59. The zero-order valence-electron chi connectivity index (χ0n) is 13.6. The van der Waals surface area contributed by atoms with Gasteiger partial charge in [-0.15, -0.1) is 0 Å². The molecule has 3 N–H and O–H groups in total. The third-order valence-electron chi connectivity index (χ3n) is 3.15. The second-order valence-electron chi connectivity index (χ2n) is 5.04. The van der Waals surface area contributed by atoms with Crippen LogP contribution in [0.15, 0.2) is 50.4 Å². The Labute approximate surface area is 166 Å². The van der Waals surface area contributed by atoms with Gasteiger partial charge >= 0.3 is 0 Å². The van der Waals surface area contributed by atoms with Crippen molar-refractivity contribution in [2.75, 3.05) is 12.4 Å². The van der Waals surface area contributed by atoms with Crippen molar-refractivity contribution in [2.24, 2.45) is 5.10 Å². The van der Waals surface area contributed by atoms with Gasteiger partial charge in [-0.2, -0.15) is 5.10 Å². The van der Waals surface area contributed by atoms with Gasteiger partial charge in [0, 0.05) is 14.5 Å². The van der Waals surface area contributed by atoms with Crippen LogP contribution in [-0.2, 0) is 9.59 Å². The lowest BCUT2D eigenvalue weighted by Gasteiger charge is -2.07. The number of carbonyl (C=O) groups excluding carboxylic acids is 2. The number of hydrazone groups is 1. The highest BCUT2D eigenvalue weighted by molar-refractivity contribution is 9.10. The van der Waals surface area contributed by atoms with Crippen LogP contribution in [0.5, 0.6) is 11.5 Å². The van der Waals surface area contributed by atoms with Crippen LogP contribution in [0, 0.1) is 0 Å². The summed E-state index contributed by atoms with van der Waals surface area (Å²) in [5.74, 6) is -0.913. The largest absolute Gasteiger partial charge is 0.504 e. The summed E-state index contributed by atoms with van der Waals surface area (Å²) in [5.41, 5.74) is 3.15. The molecule has 0 fully saturated rings. The number of phenolic OH excluding ortho intramolecular Hbond substituents is 1. The number of anilines is 1. The number of carbonyl (C=O) groups is 2. The van der Waals surface area contributed by atoms with Crippen LogP contribution in [0.2, 0.25) is 0 Å². The minimum absolute atomic E-state index is 0.111. The highest BCUT2D eigenvalue weighted by Crippen LogP contribution is 2.32. The van der Waals surface area contributed by atoms with E-state index in [0.29, 0.717) is 20.2 Å². The molecule has 0 bridgehead atoms. The normalized spacial score (nSPS) is 10.6. The number of hydrogen-bond donors (Lipinski definition) is 3. The fourth-order valence-electron chi connectivity index (χ4n) is 1.96. The molecule has 0 saturated carbocycles. The van der Waals surface area contributed by atoms with Crippen molar-refractivity contribution in [3.8, 4) is 11.5 Å². The van der Waals surface area contributed by atoms with E-state index < -0.39 is 18.2 Å². The highest BCUT2D eigenvalue weighted by atomic mass is 79.9. The molecule has 0 aliphatic rings. The Kier molecular flexibility index (Phi) is 7.16. The first kappa shape index (κ1) is 19.9. The van der Waals surface area contributed by atoms with E-state index in [0.717, 1.165) is 0 Å². The van der Waals surface area contributed by atoms with Crippen molar-refractivity contribution in [2.45, 2.75) is 6.42 Å². The number of para-hydroxylation sites is 1. The fraction of sp³-hybridized carbons (Fsp3) is 0.118. The van der Waals surface area contributed by atoms with Crippen molar-refractivity contribution >= 4 is 55.6 Å². The van der Waals surface area contributed by atoms with Crippen LogP contribution in [0.3, 0.4) is 0 Å². The number of halogens is 2. The number of nitrogens with one attached hydrogen (secondary N) is 2. The van der Waals surface area contributed by atoms with E-state index in [9.17, 15) is 14.7 Å². The molecule has 0 aliphatic carbocycles. The highest BCUT2D eigenvalue weighted by Gasteiger charge is 2.11. The number of amides is 2. The molecular formula is C17H15Br2N3O4. The zero-order chi connectivity index (χ0) is 19.1. The van der Waals surface area contributed by atoms with E-state index in [2.05, 4.69) is 47.7 Å². The number of aromatic hydroxyl groups is 1. The van der Waals surface area contributed by atoms with E-state index >= 15 is 0 Å². The number of nitrogens with zero attached hydrogens (tertiary/aromatic N) is 1. The van der Waals surface area contributed by atoms with Gasteiger partial charge in [-0.1, -0.05) is 28.1 Å². The molecule has 9 heteroatoms. The Balaban J connectivity index is 1.92.